The van der Waals surface area contributed by atoms with Crippen molar-refractivity contribution in [1.29, 1.82) is 0 Å². The van der Waals surface area contributed by atoms with Gasteiger partial charge < -0.3 is 14.5 Å². The molecule has 0 unspecified atom stereocenters. The molecule has 0 radical (unpaired) electrons. The summed E-state index contributed by atoms with van der Waals surface area (Å²) in [5.74, 6) is 1.55. The molecule has 1 amide bonds. The number of carbonyl (C=O) groups excluding carboxylic acids is 2. The summed E-state index contributed by atoms with van der Waals surface area (Å²) in [6, 6.07) is 9.45. The third-order valence-corrected chi connectivity index (χ3v) is 3.24. The largest absolute Gasteiger partial charge is 0.461 e. The smallest absolute Gasteiger partial charge is 0.251 e. The molecule has 4 nitrogen and oxygen atoms in total. The van der Waals surface area contributed by atoms with E-state index in [2.05, 4.69) is 5.32 Å². The predicted octanol–water partition coefficient (Wildman–Crippen LogP) is 2.32. The monoisotopic (exact) mass is 255 g/mol. The topological polar surface area (TPSA) is 59.3 Å². The molecule has 4 heteroatoms. The number of hydrogen-bond acceptors (Lipinski definition) is 3. The Bertz CT molecular complexity index is 643. The quantitative estimate of drug-likeness (QED) is 0.853. The Morgan fingerprint density at radius 1 is 1.26 bits per heavy atom. The average molecular weight is 255 g/mol. The molecule has 0 atom stereocenters. The number of hydrogen-bond donors (Lipinski definition) is 1. The fourth-order valence-electron chi connectivity index (χ4n) is 2.25. The summed E-state index contributed by atoms with van der Waals surface area (Å²) in [6.45, 7) is 0.570. The molecule has 0 bridgehead atoms. The lowest BCUT2D eigenvalue weighted by atomic mass is 10.0. The zero-order valence-electron chi connectivity index (χ0n) is 10.3. The second kappa shape index (κ2) is 4.72. The first kappa shape index (κ1) is 11.7. The molecule has 0 spiro atoms. The second-order valence-corrected chi connectivity index (χ2v) is 4.53. The molecule has 2 heterocycles. The minimum Gasteiger partial charge on any atom is -0.461 e. The molecule has 19 heavy (non-hydrogen) atoms. The van der Waals surface area contributed by atoms with E-state index in [4.69, 9.17) is 4.42 Å². The maximum absolute atomic E-state index is 11.5. The van der Waals surface area contributed by atoms with E-state index in [9.17, 15) is 9.59 Å². The molecule has 96 valence electrons. The van der Waals surface area contributed by atoms with Crippen molar-refractivity contribution in [2.75, 3.05) is 0 Å². The number of benzene rings is 1. The van der Waals surface area contributed by atoms with Crippen LogP contribution >= 0.6 is 0 Å². The lowest BCUT2D eigenvalue weighted by Crippen LogP contribution is -2.12. The Morgan fingerprint density at radius 3 is 3.00 bits per heavy atom. The van der Waals surface area contributed by atoms with Gasteiger partial charge in [0.25, 0.3) is 5.91 Å². The highest BCUT2D eigenvalue weighted by atomic mass is 16.3. The third-order valence-electron chi connectivity index (χ3n) is 3.24. The lowest BCUT2D eigenvalue weighted by Gasteiger charge is -2.00. The van der Waals surface area contributed by atoms with E-state index in [1.807, 2.05) is 30.3 Å². The van der Waals surface area contributed by atoms with E-state index in [1.54, 1.807) is 0 Å². The summed E-state index contributed by atoms with van der Waals surface area (Å²) >= 11 is 0. The van der Waals surface area contributed by atoms with Crippen molar-refractivity contribution in [1.82, 2.24) is 5.32 Å². The van der Waals surface area contributed by atoms with Crippen LogP contribution < -0.4 is 5.32 Å². The molecule has 1 aromatic heterocycles. The van der Waals surface area contributed by atoms with E-state index in [1.165, 1.54) is 0 Å². The summed E-state index contributed by atoms with van der Waals surface area (Å²) in [5, 5.41) is 2.79. The van der Waals surface area contributed by atoms with Crippen LogP contribution in [0.4, 0.5) is 0 Å². The van der Waals surface area contributed by atoms with Crippen molar-refractivity contribution in [3.05, 3.63) is 47.2 Å². The first-order valence-corrected chi connectivity index (χ1v) is 6.22. The molecule has 0 aliphatic carbocycles. The van der Waals surface area contributed by atoms with Crippen molar-refractivity contribution in [3.8, 4) is 11.3 Å². The van der Waals surface area contributed by atoms with Crippen LogP contribution in [0.1, 0.15) is 28.1 Å². The van der Waals surface area contributed by atoms with Crippen LogP contribution in [0, 0.1) is 0 Å². The summed E-state index contributed by atoms with van der Waals surface area (Å²) < 4.78 is 5.69. The van der Waals surface area contributed by atoms with Crippen LogP contribution in [-0.4, -0.2) is 12.2 Å². The molecular weight excluding hydrogens is 242 g/mol. The number of nitrogens with one attached hydrogen (secondary N) is 1. The molecule has 3 rings (SSSR count). The minimum atomic E-state index is -0.0207. The van der Waals surface area contributed by atoms with E-state index >= 15 is 0 Å². The average Bonchev–Trinajstić information content (AvgIpc) is 3.04. The second-order valence-electron chi connectivity index (χ2n) is 4.53. The van der Waals surface area contributed by atoms with Gasteiger partial charge in [0.1, 0.15) is 17.8 Å². The summed E-state index contributed by atoms with van der Waals surface area (Å²) in [4.78, 5) is 21.8. The third kappa shape index (κ3) is 2.17. The van der Waals surface area contributed by atoms with Crippen molar-refractivity contribution in [2.45, 2.75) is 19.4 Å². The molecule has 0 saturated heterocycles. The highest BCUT2D eigenvalue weighted by Crippen LogP contribution is 2.26. The lowest BCUT2D eigenvalue weighted by molar-refractivity contribution is -0.107. The zero-order valence-corrected chi connectivity index (χ0v) is 10.3. The number of furan rings is 1. The highest BCUT2D eigenvalue weighted by Gasteiger charge is 2.19. The first-order chi connectivity index (χ1) is 9.28. The van der Waals surface area contributed by atoms with Gasteiger partial charge in [0, 0.05) is 30.5 Å². The maximum Gasteiger partial charge on any atom is 0.251 e. The number of amides is 1. The van der Waals surface area contributed by atoms with Crippen LogP contribution in [-0.2, 0) is 17.8 Å². The standard InChI is InChI=1S/C15H13NO3/c17-7-1-2-12-4-6-14(19-12)10-3-5-13-11(8-10)9-16-15(13)18/h3-8H,1-2,9H2,(H,16,18). The van der Waals surface area contributed by atoms with Crippen LogP contribution in [0.15, 0.2) is 34.7 Å². The Hall–Kier alpha value is -2.36. The number of fused-ring (bicyclic) bond motifs is 1. The fraction of sp³-hybridized carbons (Fsp3) is 0.200. The van der Waals surface area contributed by atoms with E-state index in [-0.39, 0.29) is 5.91 Å². The molecule has 1 N–H and O–H groups in total. The van der Waals surface area contributed by atoms with Gasteiger partial charge in [-0.2, -0.15) is 0 Å². The molecule has 0 saturated carbocycles. The van der Waals surface area contributed by atoms with E-state index < -0.39 is 0 Å². The van der Waals surface area contributed by atoms with Crippen molar-refractivity contribution >= 4 is 12.2 Å². The van der Waals surface area contributed by atoms with Crippen molar-refractivity contribution < 1.29 is 14.0 Å². The Kier molecular flexibility index (Phi) is 2.91. The Balaban J connectivity index is 1.88. The van der Waals surface area contributed by atoms with Crippen LogP contribution in [0.3, 0.4) is 0 Å². The van der Waals surface area contributed by atoms with Gasteiger partial charge in [0.2, 0.25) is 0 Å². The minimum absolute atomic E-state index is 0.0207. The zero-order chi connectivity index (χ0) is 13.2. The van der Waals surface area contributed by atoms with E-state index in [0.717, 1.165) is 34.5 Å². The SMILES string of the molecule is O=CCCc1ccc(-c2ccc3c(c2)CNC3=O)o1. The Morgan fingerprint density at radius 2 is 2.16 bits per heavy atom. The van der Waals surface area contributed by atoms with Gasteiger partial charge in [-0.25, -0.2) is 0 Å². The molecular formula is C15H13NO3. The van der Waals surface area contributed by atoms with Crippen LogP contribution in [0.2, 0.25) is 0 Å². The molecule has 0 fully saturated rings. The van der Waals surface area contributed by atoms with Gasteiger partial charge in [-0.15, -0.1) is 0 Å². The highest BCUT2D eigenvalue weighted by molar-refractivity contribution is 5.98. The van der Waals surface area contributed by atoms with Crippen molar-refractivity contribution in [2.24, 2.45) is 0 Å². The van der Waals surface area contributed by atoms with Gasteiger partial charge in [0.05, 0.1) is 0 Å². The summed E-state index contributed by atoms with van der Waals surface area (Å²) in [7, 11) is 0. The number of aryl methyl sites for hydroxylation is 1. The first-order valence-electron chi connectivity index (χ1n) is 6.22. The molecule has 1 aromatic carbocycles. The van der Waals surface area contributed by atoms with Gasteiger partial charge >= 0.3 is 0 Å². The number of carbonyl (C=O) groups is 2. The molecule has 1 aliphatic rings. The Labute approximate surface area is 110 Å². The summed E-state index contributed by atoms with van der Waals surface area (Å²) in [5.41, 5.74) is 2.68. The van der Waals surface area contributed by atoms with Crippen LogP contribution in [0.5, 0.6) is 0 Å². The van der Waals surface area contributed by atoms with Gasteiger partial charge in [-0.05, 0) is 29.8 Å². The number of rotatable bonds is 4. The maximum atomic E-state index is 11.5. The van der Waals surface area contributed by atoms with Gasteiger partial charge in [-0.1, -0.05) is 6.07 Å². The summed E-state index contributed by atoms with van der Waals surface area (Å²) in [6.07, 6.45) is 1.97. The fourth-order valence-corrected chi connectivity index (χ4v) is 2.25. The van der Waals surface area contributed by atoms with Crippen LogP contribution in [0.25, 0.3) is 11.3 Å². The van der Waals surface area contributed by atoms with Gasteiger partial charge in [-0.3, -0.25) is 4.79 Å². The number of aldehydes is 1. The van der Waals surface area contributed by atoms with Gasteiger partial charge in [0.15, 0.2) is 0 Å². The predicted molar refractivity (Wildman–Crippen MR) is 69.7 cm³/mol. The molecule has 2 aromatic rings. The van der Waals surface area contributed by atoms with Crippen molar-refractivity contribution in [3.63, 3.8) is 0 Å². The van der Waals surface area contributed by atoms with E-state index in [0.29, 0.717) is 19.4 Å². The normalized spacial score (nSPS) is 13.2. The molecule has 1 aliphatic heterocycles.